The number of carbonyl (C=O) groups excluding carboxylic acids is 1. The largest absolute Gasteiger partial charge is 0.495 e. The number of anilines is 1. The van der Waals surface area contributed by atoms with E-state index in [-0.39, 0.29) is 11.3 Å². The Morgan fingerprint density at radius 2 is 2.03 bits per heavy atom. The first kappa shape index (κ1) is 23.3. The molecule has 1 amide bonds. The molecule has 1 aromatic carbocycles. The fraction of sp³-hybridized carbons (Fsp3) is 0.708. The van der Waals surface area contributed by atoms with Gasteiger partial charge < -0.3 is 21.1 Å². The Morgan fingerprint density at radius 3 is 2.70 bits per heavy atom. The van der Waals surface area contributed by atoms with Crippen LogP contribution in [0.2, 0.25) is 0 Å². The van der Waals surface area contributed by atoms with Gasteiger partial charge in [0.2, 0.25) is 5.91 Å². The lowest BCUT2D eigenvalue weighted by Crippen LogP contribution is -2.42. The summed E-state index contributed by atoms with van der Waals surface area (Å²) in [6, 6.07) is 6.65. The average molecular weight is 434 g/mol. The standard InChI is InChI=1S/C24H39N3O2S/c1-4-5-6-7-18(2)27-20-9-8-19(16-21(20)29-3)30-24(22(25)28)11-10-23(17-24)12-14-26-15-13-23/h8-9,16,18,26-27H,4-7,10-15,17H2,1-3H3,(H2,25,28). The highest BCUT2D eigenvalue weighted by Gasteiger charge is 2.52. The van der Waals surface area contributed by atoms with Crippen molar-refractivity contribution in [3.8, 4) is 5.75 Å². The first-order valence-electron chi connectivity index (χ1n) is 11.6. The Morgan fingerprint density at radius 1 is 1.27 bits per heavy atom. The number of ether oxygens (including phenoxy) is 1. The predicted octanol–water partition coefficient (Wildman–Crippen LogP) is 4.95. The van der Waals surface area contributed by atoms with Crippen LogP contribution in [0.5, 0.6) is 5.75 Å². The molecule has 2 atom stereocenters. The van der Waals surface area contributed by atoms with Gasteiger partial charge in [-0.1, -0.05) is 26.2 Å². The topological polar surface area (TPSA) is 76.4 Å². The van der Waals surface area contributed by atoms with E-state index in [1.54, 1.807) is 18.9 Å². The van der Waals surface area contributed by atoms with E-state index in [2.05, 4.69) is 42.7 Å². The SMILES string of the molecule is CCCCCC(C)Nc1ccc(SC2(C(N)=O)CCC3(CCNCC3)C2)cc1OC. The van der Waals surface area contributed by atoms with E-state index in [1.165, 1.54) is 19.3 Å². The van der Waals surface area contributed by atoms with Gasteiger partial charge in [0.1, 0.15) is 5.75 Å². The maximum atomic E-state index is 12.6. The van der Waals surface area contributed by atoms with E-state index in [9.17, 15) is 4.79 Å². The number of rotatable bonds is 10. The highest BCUT2D eigenvalue weighted by molar-refractivity contribution is 8.01. The molecular weight excluding hydrogens is 394 g/mol. The highest BCUT2D eigenvalue weighted by atomic mass is 32.2. The van der Waals surface area contributed by atoms with Gasteiger partial charge >= 0.3 is 0 Å². The molecule has 2 unspecified atom stereocenters. The summed E-state index contributed by atoms with van der Waals surface area (Å²) < 4.78 is 5.17. The van der Waals surface area contributed by atoms with Crippen LogP contribution in [0, 0.1) is 5.41 Å². The van der Waals surface area contributed by atoms with Crippen LogP contribution in [0.25, 0.3) is 0 Å². The van der Waals surface area contributed by atoms with Gasteiger partial charge in [-0.25, -0.2) is 0 Å². The zero-order valence-corrected chi connectivity index (χ0v) is 19.7. The highest BCUT2D eigenvalue weighted by Crippen LogP contribution is 2.56. The molecule has 0 bridgehead atoms. The molecule has 0 radical (unpaired) electrons. The van der Waals surface area contributed by atoms with Crippen molar-refractivity contribution in [2.24, 2.45) is 11.1 Å². The van der Waals surface area contributed by atoms with Crippen LogP contribution in [0.15, 0.2) is 23.1 Å². The van der Waals surface area contributed by atoms with Gasteiger partial charge in [-0.2, -0.15) is 0 Å². The van der Waals surface area contributed by atoms with Gasteiger partial charge in [-0.05, 0) is 82.2 Å². The van der Waals surface area contributed by atoms with Crippen molar-refractivity contribution in [2.45, 2.75) is 87.3 Å². The van der Waals surface area contributed by atoms with Crippen molar-refractivity contribution in [1.82, 2.24) is 5.32 Å². The third kappa shape index (κ3) is 5.44. The maximum absolute atomic E-state index is 12.6. The quantitative estimate of drug-likeness (QED) is 0.455. The number of primary amides is 1. The molecule has 6 heteroatoms. The molecule has 1 spiro atoms. The summed E-state index contributed by atoms with van der Waals surface area (Å²) >= 11 is 1.65. The Balaban J connectivity index is 1.71. The van der Waals surface area contributed by atoms with Gasteiger partial charge in [0.05, 0.1) is 17.5 Å². The summed E-state index contributed by atoms with van der Waals surface area (Å²) in [6.45, 7) is 6.54. The van der Waals surface area contributed by atoms with Crippen LogP contribution in [-0.2, 0) is 4.79 Å². The Labute approximate surface area is 186 Å². The van der Waals surface area contributed by atoms with Crippen molar-refractivity contribution in [2.75, 3.05) is 25.5 Å². The lowest BCUT2D eigenvalue weighted by molar-refractivity contribution is -0.120. The average Bonchev–Trinajstić information content (AvgIpc) is 3.08. The van der Waals surface area contributed by atoms with Crippen LogP contribution in [0.3, 0.4) is 0 Å². The Hall–Kier alpha value is -1.40. The second-order valence-electron chi connectivity index (χ2n) is 9.29. The van der Waals surface area contributed by atoms with Crippen LogP contribution < -0.4 is 21.1 Å². The number of hydrogen-bond acceptors (Lipinski definition) is 5. The minimum atomic E-state index is -0.509. The normalized spacial score (nSPS) is 24.0. The predicted molar refractivity (Wildman–Crippen MR) is 126 cm³/mol. The minimum Gasteiger partial charge on any atom is -0.495 e. The van der Waals surface area contributed by atoms with E-state index < -0.39 is 4.75 Å². The van der Waals surface area contributed by atoms with Crippen molar-refractivity contribution in [3.05, 3.63) is 18.2 Å². The van der Waals surface area contributed by atoms with Crippen LogP contribution >= 0.6 is 11.8 Å². The monoisotopic (exact) mass is 433 g/mol. The minimum absolute atomic E-state index is 0.173. The molecule has 1 saturated carbocycles. The number of amides is 1. The number of hydrogen-bond donors (Lipinski definition) is 3. The third-order valence-corrected chi connectivity index (χ3v) is 8.39. The van der Waals surface area contributed by atoms with E-state index >= 15 is 0 Å². The molecule has 4 N–H and O–H groups in total. The lowest BCUT2D eigenvalue weighted by atomic mass is 9.77. The van der Waals surface area contributed by atoms with Crippen LogP contribution in [0.1, 0.15) is 71.6 Å². The van der Waals surface area contributed by atoms with Gasteiger partial charge in [-0.3, -0.25) is 4.79 Å². The zero-order chi connectivity index (χ0) is 21.6. The first-order chi connectivity index (χ1) is 14.4. The fourth-order valence-electron chi connectivity index (χ4n) is 5.10. The molecule has 1 aromatic rings. The first-order valence-corrected chi connectivity index (χ1v) is 12.4. The van der Waals surface area contributed by atoms with Crippen LogP contribution in [-0.4, -0.2) is 36.9 Å². The number of methoxy groups -OCH3 is 1. The molecule has 1 aliphatic heterocycles. The number of benzene rings is 1. The summed E-state index contributed by atoms with van der Waals surface area (Å²) in [5.74, 6) is 0.658. The molecule has 3 rings (SSSR count). The number of piperidine rings is 1. The Kier molecular flexibility index (Phi) is 7.97. The number of nitrogens with one attached hydrogen (secondary N) is 2. The van der Waals surface area contributed by atoms with Gasteiger partial charge in [-0.15, -0.1) is 11.8 Å². The molecule has 2 fully saturated rings. The summed E-state index contributed by atoms with van der Waals surface area (Å²) in [5.41, 5.74) is 7.26. The maximum Gasteiger partial charge on any atom is 0.234 e. The van der Waals surface area contributed by atoms with Gasteiger partial charge in [0.25, 0.3) is 0 Å². The molecule has 30 heavy (non-hydrogen) atoms. The molecule has 2 aliphatic rings. The molecule has 5 nitrogen and oxygen atoms in total. The van der Waals surface area contributed by atoms with E-state index in [1.807, 2.05) is 0 Å². The van der Waals surface area contributed by atoms with Crippen molar-refractivity contribution < 1.29 is 9.53 Å². The smallest absolute Gasteiger partial charge is 0.234 e. The number of unbranched alkanes of at least 4 members (excludes halogenated alkanes) is 2. The molecule has 1 heterocycles. The van der Waals surface area contributed by atoms with Crippen molar-refractivity contribution in [1.29, 1.82) is 0 Å². The molecule has 168 valence electrons. The fourth-order valence-corrected chi connectivity index (χ4v) is 6.54. The molecular formula is C24H39N3O2S. The summed E-state index contributed by atoms with van der Waals surface area (Å²) in [4.78, 5) is 13.6. The zero-order valence-electron chi connectivity index (χ0n) is 18.9. The number of nitrogens with two attached hydrogens (primary N) is 1. The second kappa shape index (κ2) is 10.3. The van der Waals surface area contributed by atoms with Gasteiger partial charge in [0.15, 0.2) is 0 Å². The summed E-state index contributed by atoms with van der Waals surface area (Å²) in [5, 5.41) is 7.04. The third-order valence-electron chi connectivity index (χ3n) is 6.96. The molecule has 1 aliphatic carbocycles. The summed E-state index contributed by atoms with van der Waals surface area (Å²) in [7, 11) is 1.71. The van der Waals surface area contributed by atoms with Crippen molar-refractivity contribution in [3.63, 3.8) is 0 Å². The molecule has 0 aromatic heterocycles. The lowest BCUT2D eigenvalue weighted by Gasteiger charge is -2.36. The number of thioether (sulfide) groups is 1. The van der Waals surface area contributed by atoms with E-state index in [4.69, 9.17) is 10.5 Å². The second-order valence-corrected chi connectivity index (χ2v) is 10.7. The van der Waals surface area contributed by atoms with E-state index in [0.717, 1.165) is 67.9 Å². The van der Waals surface area contributed by atoms with Crippen molar-refractivity contribution >= 4 is 23.4 Å². The van der Waals surface area contributed by atoms with E-state index in [0.29, 0.717) is 6.04 Å². The van der Waals surface area contributed by atoms with Gasteiger partial charge in [0, 0.05) is 10.9 Å². The Bertz CT molecular complexity index is 720. The number of carbonyl (C=O) groups is 1. The molecule has 1 saturated heterocycles. The van der Waals surface area contributed by atoms with Crippen LogP contribution in [0.4, 0.5) is 5.69 Å². The summed E-state index contributed by atoms with van der Waals surface area (Å²) in [6.07, 6.45) is 10.0.